The number of rotatable bonds is 6. The van der Waals surface area contributed by atoms with Crippen molar-refractivity contribution in [1.29, 1.82) is 0 Å². The number of aliphatic imine (C=N–C) groups is 1. The van der Waals surface area contributed by atoms with Gasteiger partial charge in [0.25, 0.3) is 0 Å². The van der Waals surface area contributed by atoms with Gasteiger partial charge in [-0.1, -0.05) is 19.1 Å². The fourth-order valence-corrected chi connectivity index (χ4v) is 2.81. The molecule has 25 heavy (non-hydrogen) atoms. The molecule has 0 saturated carbocycles. The lowest BCUT2D eigenvalue weighted by Gasteiger charge is -2.19. The first kappa shape index (κ1) is 19.2. The van der Waals surface area contributed by atoms with Crippen LogP contribution in [0.4, 0.5) is 4.39 Å². The third-order valence-corrected chi connectivity index (χ3v) is 4.21. The van der Waals surface area contributed by atoms with Gasteiger partial charge in [-0.25, -0.2) is 4.39 Å². The van der Waals surface area contributed by atoms with Crippen molar-refractivity contribution in [2.24, 2.45) is 4.99 Å². The van der Waals surface area contributed by atoms with E-state index < -0.39 is 6.10 Å². The van der Waals surface area contributed by atoms with Gasteiger partial charge in [0, 0.05) is 32.1 Å². The van der Waals surface area contributed by atoms with Crippen LogP contribution in [0.25, 0.3) is 0 Å². The van der Waals surface area contributed by atoms with E-state index in [4.69, 9.17) is 0 Å². The van der Waals surface area contributed by atoms with Crippen LogP contribution in [-0.4, -0.2) is 54.1 Å². The molecule has 2 atom stereocenters. The number of aliphatic hydroxyl groups is 1. The molecule has 1 aliphatic rings. The number of hydrogen-bond acceptors (Lipinski definition) is 3. The fraction of sp³-hybridized carbons (Fsp3) is 0.556. The number of carbonyl (C=O) groups is 1. The number of nitrogens with one attached hydrogen (secondary N) is 2. The molecule has 1 aromatic rings. The Bertz CT molecular complexity index is 591. The topological polar surface area (TPSA) is 77.0 Å². The highest BCUT2D eigenvalue weighted by molar-refractivity contribution is 5.80. The molecule has 1 amide bonds. The average Bonchev–Trinajstić information content (AvgIpc) is 3.08. The molecule has 2 unspecified atom stereocenters. The van der Waals surface area contributed by atoms with Crippen molar-refractivity contribution in [2.75, 3.05) is 26.2 Å². The van der Waals surface area contributed by atoms with E-state index in [1.165, 1.54) is 12.1 Å². The van der Waals surface area contributed by atoms with Gasteiger partial charge in [-0.2, -0.15) is 0 Å². The zero-order valence-electron chi connectivity index (χ0n) is 14.8. The highest BCUT2D eigenvalue weighted by Crippen LogP contribution is 2.14. The molecule has 6 nitrogen and oxygen atoms in total. The number of nitrogens with zero attached hydrogens (tertiary/aromatic N) is 2. The summed E-state index contributed by atoms with van der Waals surface area (Å²) in [5.41, 5.74) is 0.626. The summed E-state index contributed by atoms with van der Waals surface area (Å²) in [6.45, 7) is 6.12. The molecule has 0 radical (unpaired) electrons. The lowest BCUT2D eigenvalue weighted by molar-refractivity contribution is -0.129. The van der Waals surface area contributed by atoms with E-state index in [0.717, 1.165) is 13.0 Å². The quantitative estimate of drug-likeness (QED) is 0.536. The first-order valence-corrected chi connectivity index (χ1v) is 8.79. The molecule has 1 heterocycles. The number of halogens is 1. The number of likely N-dealkylation sites (tertiary alicyclic amines) is 1. The molecule has 0 spiro atoms. The second kappa shape index (κ2) is 9.36. The molecule has 1 aliphatic heterocycles. The SMILES string of the molecule is CCNC(=NCC(O)c1ccc(F)cc1)NC1CCN(C(=O)CC)C1. The summed E-state index contributed by atoms with van der Waals surface area (Å²) in [5.74, 6) is 0.444. The maximum Gasteiger partial charge on any atom is 0.222 e. The van der Waals surface area contributed by atoms with E-state index in [0.29, 0.717) is 31.0 Å². The molecule has 0 aliphatic carbocycles. The zero-order chi connectivity index (χ0) is 18.2. The molecular weight excluding hydrogens is 323 g/mol. The second-order valence-electron chi connectivity index (χ2n) is 6.11. The van der Waals surface area contributed by atoms with Crippen molar-refractivity contribution >= 4 is 11.9 Å². The minimum absolute atomic E-state index is 0.149. The normalized spacial score (nSPS) is 19.0. The maximum absolute atomic E-state index is 12.9. The Balaban J connectivity index is 1.92. The Morgan fingerprint density at radius 1 is 1.40 bits per heavy atom. The molecule has 7 heteroatoms. The third kappa shape index (κ3) is 5.70. The van der Waals surface area contributed by atoms with E-state index in [1.54, 1.807) is 12.1 Å². The average molecular weight is 350 g/mol. The predicted molar refractivity (Wildman–Crippen MR) is 95.8 cm³/mol. The Kier molecular flexibility index (Phi) is 7.18. The number of guanidine groups is 1. The van der Waals surface area contributed by atoms with Crippen LogP contribution >= 0.6 is 0 Å². The van der Waals surface area contributed by atoms with Gasteiger partial charge in [-0.15, -0.1) is 0 Å². The molecule has 1 aromatic carbocycles. The predicted octanol–water partition coefficient (Wildman–Crippen LogP) is 1.43. The molecule has 2 rings (SSSR count). The smallest absolute Gasteiger partial charge is 0.222 e. The van der Waals surface area contributed by atoms with Crippen LogP contribution in [0, 0.1) is 5.82 Å². The maximum atomic E-state index is 12.9. The van der Waals surface area contributed by atoms with Crippen molar-refractivity contribution in [3.63, 3.8) is 0 Å². The number of carbonyl (C=O) groups excluding carboxylic acids is 1. The van der Waals surface area contributed by atoms with E-state index in [-0.39, 0.29) is 24.3 Å². The minimum atomic E-state index is -0.794. The van der Waals surface area contributed by atoms with Crippen molar-refractivity contribution in [3.05, 3.63) is 35.6 Å². The zero-order valence-corrected chi connectivity index (χ0v) is 14.8. The van der Waals surface area contributed by atoms with E-state index >= 15 is 0 Å². The molecule has 1 saturated heterocycles. The second-order valence-corrected chi connectivity index (χ2v) is 6.11. The Morgan fingerprint density at radius 3 is 2.76 bits per heavy atom. The number of amides is 1. The standard InChI is InChI=1S/C18H27FN4O2/c1-3-17(25)23-10-9-15(12-23)22-18(20-4-2)21-11-16(24)13-5-7-14(19)8-6-13/h5-8,15-16,24H,3-4,9-12H2,1-2H3,(H2,20,21,22). The van der Waals surface area contributed by atoms with Crippen molar-refractivity contribution in [3.8, 4) is 0 Å². The Hall–Kier alpha value is -2.15. The third-order valence-electron chi connectivity index (χ3n) is 4.21. The monoisotopic (exact) mass is 350 g/mol. The van der Waals surface area contributed by atoms with Gasteiger partial charge in [-0.3, -0.25) is 9.79 Å². The molecule has 0 aromatic heterocycles. The molecule has 3 N–H and O–H groups in total. The Labute approximate surface area is 148 Å². The highest BCUT2D eigenvalue weighted by atomic mass is 19.1. The van der Waals surface area contributed by atoms with Gasteiger partial charge < -0.3 is 20.6 Å². The van der Waals surface area contributed by atoms with Gasteiger partial charge in [0.05, 0.1) is 12.6 Å². The highest BCUT2D eigenvalue weighted by Gasteiger charge is 2.25. The van der Waals surface area contributed by atoms with Crippen LogP contribution in [0.1, 0.15) is 38.4 Å². The summed E-state index contributed by atoms with van der Waals surface area (Å²) in [6.07, 6.45) is 0.597. The lowest BCUT2D eigenvalue weighted by Crippen LogP contribution is -2.45. The van der Waals surface area contributed by atoms with Crippen LogP contribution in [0.2, 0.25) is 0 Å². The first-order valence-electron chi connectivity index (χ1n) is 8.79. The van der Waals surface area contributed by atoms with E-state index in [9.17, 15) is 14.3 Å². The molecule has 138 valence electrons. The number of aliphatic hydroxyl groups excluding tert-OH is 1. The number of hydrogen-bond donors (Lipinski definition) is 3. The first-order chi connectivity index (χ1) is 12.0. The van der Waals surface area contributed by atoms with Crippen molar-refractivity contribution in [1.82, 2.24) is 15.5 Å². The van der Waals surface area contributed by atoms with Gasteiger partial charge in [0.15, 0.2) is 5.96 Å². The summed E-state index contributed by atoms with van der Waals surface area (Å²) >= 11 is 0. The summed E-state index contributed by atoms with van der Waals surface area (Å²) in [7, 11) is 0. The minimum Gasteiger partial charge on any atom is -0.386 e. The number of benzene rings is 1. The van der Waals surface area contributed by atoms with E-state index in [1.807, 2.05) is 18.7 Å². The van der Waals surface area contributed by atoms with Crippen LogP contribution < -0.4 is 10.6 Å². The van der Waals surface area contributed by atoms with Crippen LogP contribution in [0.15, 0.2) is 29.3 Å². The molecule has 0 bridgehead atoms. The van der Waals surface area contributed by atoms with Gasteiger partial charge in [0.1, 0.15) is 5.82 Å². The van der Waals surface area contributed by atoms with Crippen molar-refractivity contribution in [2.45, 2.75) is 38.8 Å². The largest absolute Gasteiger partial charge is 0.386 e. The Morgan fingerprint density at radius 2 is 2.12 bits per heavy atom. The molecule has 1 fully saturated rings. The van der Waals surface area contributed by atoms with Gasteiger partial charge in [0.2, 0.25) is 5.91 Å². The summed E-state index contributed by atoms with van der Waals surface area (Å²) in [6, 6.07) is 5.91. The van der Waals surface area contributed by atoms with Crippen LogP contribution in [0.5, 0.6) is 0 Å². The van der Waals surface area contributed by atoms with Gasteiger partial charge in [-0.05, 0) is 31.0 Å². The lowest BCUT2D eigenvalue weighted by atomic mass is 10.1. The van der Waals surface area contributed by atoms with E-state index in [2.05, 4.69) is 15.6 Å². The summed E-state index contributed by atoms with van der Waals surface area (Å²) < 4.78 is 12.9. The molecular formula is C18H27FN4O2. The summed E-state index contributed by atoms with van der Waals surface area (Å²) in [5, 5.41) is 16.7. The van der Waals surface area contributed by atoms with Crippen molar-refractivity contribution < 1.29 is 14.3 Å². The van der Waals surface area contributed by atoms with Crippen LogP contribution in [0.3, 0.4) is 0 Å². The fourth-order valence-electron chi connectivity index (χ4n) is 2.81. The van der Waals surface area contributed by atoms with Gasteiger partial charge >= 0.3 is 0 Å². The van der Waals surface area contributed by atoms with Crippen LogP contribution in [-0.2, 0) is 4.79 Å². The summed E-state index contributed by atoms with van der Waals surface area (Å²) in [4.78, 5) is 18.0.